The van der Waals surface area contributed by atoms with Gasteiger partial charge in [0.25, 0.3) is 0 Å². The van der Waals surface area contributed by atoms with E-state index < -0.39 is 0 Å². The Morgan fingerprint density at radius 1 is 1.24 bits per heavy atom. The molecule has 2 rings (SSSR count). The molecule has 1 aromatic rings. The van der Waals surface area contributed by atoms with Crippen LogP contribution in [-0.2, 0) is 6.54 Å². The Bertz CT molecular complexity index is 357. The summed E-state index contributed by atoms with van der Waals surface area (Å²) in [5, 5.41) is 3.45. The van der Waals surface area contributed by atoms with Crippen LogP contribution in [0.1, 0.15) is 18.4 Å². The van der Waals surface area contributed by atoms with Crippen LogP contribution in [-0.4, -0.2) is 25.3 Å². The molecule has 0 fully saturated rings. The second-order valence-electron chi connectivity index (χ2n) is 4.06. The van der Waals surface area contributed by atoms with Crippen LogP contribution in [0.4, 0.5) is 0 Å². The van der Waals surface area contributed by atoms with E-state index in [1.807, 2.05) is 17.8 Å². The van der Waals surface area contributed by atoms with Gasteiger partial charge in [-0.05, 0) is 49.1 Å². The smallest absolute Gasteiger partial charge is 0.231 e. The molecular formula is C13H19NO2S. The van der Waals surface area contributed by atoms with Crippen LogP contribution in [0.15, 0.2) is 18.2 Å². The van der Waals surface area contributed by atoms with Crippen LogP contribution in [0.3, 0.4) is 0 Å². The lowest BCUT2D eigenvalue weighted by atomic mass is 10.2. The van der Waals surface area contributed by atoms with E-state index in [1.54, 1.807) is 0 Å². The van der Waals surface area contributed by atoms with Gasteiger partial charge in [0.15, 0.2) is 11.5 Å². The highest BCUT2D eigenvalue weighted by Crippen LogP contribution is 2.32. The van der Waals surface area contributed by atoms with E-state index in [0.29, 0.717) is 6.79 Å². The third kappa shape index (κ3) is 3.82. The maximum absolute atomic E-state index is 5.35. The molecular weight excluding hydrogens is 234 g/mol. The van der Waals surface area contributed by atoms with E-state index in [-0.39, 0.29) is 0 Å². The zero-order chi connectivity index (χ0) is 11.9. The van der Waals surface area contributed by atoms with Crippen LogP contribution < -0.4 is 14.8 Å². The molecule has 0 amide bonds. The van der Waals surface area contributed by atoms with Crippen molar-refractivity contribution in [1.82, 2.24) is 5.32 Å². The molecule has 1 heterocycles. The van der Waals surface area contributed by atoms with Crippen LogP contribution in [0.25, 0.3) is 0 Å². The average Bonchev–Trinajstić information content (AvgIpc) is 2.81. The number of hydrogen-bond acceptors (Lipinski definition) is 4. The Labute approximate surface area is 107 Å². The Kier molecular flexibility index (Phi) is 5.01. The molecule has 0 saturated heterocycles. The predicted octanol–water partition coefficient (Wildman–Crippen LogP) is 2.65. The number of fused-ring (bicyclic) bond motifs is 1. The molecule has 0 bridgehead atoms. The molecule has 0 radical (unpaired) electrons. The van der Waals surface area contributed by atoms with Crippen LogP contribution in [0, 0.1) is 0 Å². The van der Waals surface area contributed by atoms with Crippen molar-refractivity contribution in [1.29, 1.82) is 0 Å². The van der Waals surface area contributed by atoms with Crippen molar-refractivity contribution >= 4 is 11.8 Å². The minimum absolute atomic E-state index is 0.348. The molecule has 0 atom stereocenters. The number of nitrogens with one attached hydrogen (secondary N) is 1. The summed E-state index contributed by atoms with van der Waals surface area (Å²) >= 11 is 1.91. The summed E-state index contributed by atoms with van der Waals surface area (Å²) < 4.78 is 10.6. The van der Waals surface area contributed by atoms with Gasteiger partial charge in [0, 0.05) is 6.54 Å². The summed E-state index contributed by atoms with van der Waals surface area (Å²) in [5.74, 6) is 2.98. The maximum atomic E-state index is 5.35. The molecule has 1 aliphatic heterocycles. The summed E-state index contributed by atoms with van der Waals surface area (Å²) in [7, 11) is 0. The van der Waals surface area contributed by atoms with Gasteiger partial charge in [-0.15, -0.1) is 0 Å². The lowest BCUT2D eigenvalue weighted by Crippen LogP contribution is -2.14. The SMILES string of the molecule is CSCCCCNCc1ccc2c(c1)OCO2. The molecule has 0 aromatic heterocycles. The van der Waals surface area contributed by atoms with E-state index in [4.69, 9.17) is 9.47 Å². The fourth-order valence-electron chi connectivity index (χ4n) is 1.78. The second kappa shape index (κ2) is 6.77. The zero-order valence-corrected chi connectivity index (χ0v) is 11.0. The number of ether oxygens (including phenoxy) is 2. The maximum Gasteiger partial charge on any atom is 0.231 e. The van der Waals surface area contributed by atoms with Gasteiger partial charge in [-0.2, -0.15) is 11.8 Å². The van der Waals surface area contributed by atoms with E-state index in [1.165, 1.54) is 24.2 Å². The first-order valence-electron chi connectivity index (χ1n) is 5.98. The Morgan fingerprint density at radius 3 is 3.00 bits per heavy atom. The van der Waals surface area contributed by atoms with Crippen molar-refractivity contribution in [2.75, 3.05) is 25.3 Å². The molecule has 0 saturated carbocycles. The van der Waals surface area contributed by atoms with Gasteiger partial charge in [-0.3, -0.25) is 0 Å². The van der Waals surface area contributed by atoms with Gasteiger partial charge in [-0.1, -0.05) is 6.07 Å². The Hall–Kier alpha value is -0.870. The first-order chi connectivity index (χ1) is 8.40. The highest BCUT2D eigenvalue weighted by molar-refractivity contribution is 7.98. The largest absolute Gasteiger partial charge is 0.454 e. The third-order valence-corrected chi connectivity index (χ3v) is 3.42. The normalized spacial score (nSPS) is 13.0. The van der Waals surface area contributed by atoms with Crippen molar-refractivity contribution in [3.8, 4) is 11.5 Å². The minimum atomic E-state index is 0.348. The van der Waals surface area contributed by atoms with Crippen molar-refractivity contribution in [3.05, 3.63) is 23.8 Å². The molecule has 1 N–H and O–H groups in total. The van der Waals surface area contributed by atoms with E-state index in [0.717, 1.165) is 24.6 Å². The highest BCUT2D eigenvalue weighted by Gasteiger charge is 2.12. The number of thioether (sulfide) groups is 1. The zero-order valence-electron chi connectivity index (χ0n) is 10.2. The fourth-order valence-corrected chi connectivity index (χ4v) is 2.27. The molecule has 1 aromatic carbocycles. The highest BCUT2D eigenvalue weighted by atomic mass is 32.2. The van der Waals surface area contributed by atoms with E-state index in [9.17, 15) is 0 Å². The molecule has 1 aliphatic rings. The number of hydrogen-bond donors (Lipinski definition) is 1. The quantitative estimate of drug-likeness (QED) is 0.757. The molecule has 94 valence electrons. The summed E-state index contributed by atoms with van der Waals surface area (Å²) in [6, 6.07) is 6.12. The summed E-state index contributed by atoms with van der Waals surface area (Å²) in [5.41, 5.74) is 1.25. The number of unbranched alkanes of at least 4 members (excludes halogenated alkanes) is 1. The Morgan fingerprint density at radius 2 is 2.12 bits per heavy atom. The first-order valence-corrected chi connectivity index (χ1v) is 7.38. The predicted molar refractivity (Wildman–Crippen MR) is 71.9 cm³/mol. The summed E-state index contributed by atoms with van der Waals surface area (Å²) in [4.78, 5) is 0. The van der Waals surface area contributed by atoms with E-state index >= 15 is 0 Å². The van der Waals surface area contributed by atoms with Gasteiger partial charge in [-0.25, -0.2) is 0 Å². The second-order valence-corrected chi connectivity index (χ2v) is 5.05. The van der Waals surface area contributed by atoms with Gasteiger partial charge >= 0.3 is 0 Å². The molecule has 3 nitrogen and oxygen atoms in total. The monoisotopic (exact) mass is 253 g/mol. The molecule has 4 heteroatoms. The van der Waals surface area contributed by atoms with Crippen LogP contribution in [0.5, 0.6) is 11.5 Å². The van der Waals surface area contributed by atoms with Crippen LogP contribution in [0.2, 0.25) is 0 Å². The number of rotatable bonds is 7. The summed E-state index contributed by atoms with van der Waals surface area (Å²) in [6.07, 6.45) is 4.68. The summed E-state index contributed by atoms with van der Waals surface area (Å²) in [6.45, 7) is 2.33. The van der Waals surface area contributed by atoms with Crippen molar-refractivity contribution < 1.29 is 9.47 Å². The Balaban J connectivity index is 1.69. The fraction of sp³-hybridized carbons (Fsp3) is 0.538. The van der Waals surface area contributed by atoms with Crippen LogP contribution >= 0.6 is 11.8 Å². The van der Waals surface area contributed by atoms with Gasteiger partial charge in [0.05, 0.1) is 0 Å². The van der Waals surface area contributed by atoms with Gasteiger partial charge in [0.2, 0.25) is 6.79 Å². The number of benzene rings is 1. The van der Waals surface area contributed by atoms with Gasteiger partial charge in [0.1, 0.15) is 0 Å². The van der Waals surface area contributed by atoms with Crippen molar-refractivity contribution in [2.45, 2.75) is 19.4 Å². The average molecular weight is 253 g/mol. The lowest BCUT2D eigenvalue weighted by Gasteiger charge is -2.05. The molecule has 0 unspecified atom stereocenters. The standard InChI is InChI=1S/C13H19NO2S/c1-17-7-3-2-6-14-9-11-4-5-12-13(8-11)16-10-15-12/h4-5,8,14H,2-3,6-7,9-10H2,1H3. The lowest BCUT2D eigenvalue weighted by molar-refractivity contribution is 0.174. The topological polar surface area (TPSA) is 30.5 Å². The first kappa shape index (κ1) is 12.6. The third-order valence-electron chi connectivity index (χ3n) is 2.72. The van der Waals surface area contributed by atoms with E-state index in [2.05, 4.69) is 23.7 Å². The molecule has 0 aliphatic carbocycles. The van der Waals surface area contributed by atoms with Crippen molar-refractivity contribution in [2.24, 2.45) is 0 Å². The molecule has 0 spiro atoms. The van der Waals surface area contributed by atoms with Crippen molar-refractivity contribution in [3.63, 3.8) is 0 Å². The molecule has 17 heavy (non-hydrogen) atoms. The van der Waals surface area contributed by atoms with Gasteiger partial charge < -0.3 is 14.8 Å². The minimum Gasteiger partial charge on any atom is -0.454 e.